The minimum Gasteiger partial charge on any atom is -0.379 e. The van der Waals surface area contributed by atoms with Gasteiger partial charge in [0.2, 0.25) is 10.0 Å². The summed E-state index contributed by atoms with van der Waals surface area (Å²) in [6.45, 7) is 7.68. The van der Waals surface area contributed by atoms with Gasteiger partial charge in [0.05, 0.1) is 25.5 Å². The molecule has 1 aromatic carbocycles. The average molecular weight is 397 g/mol. The molecule has 7 nitrogen and oxygen atoms in total. The van der Waals surface area contributed by atoms with Crippen LogP contribution in [-0.4, -0.2) is 63.8 Å². The van der Waals surface area contributed by atoms with Crippen LogP contribution in [0.25, 0.3) is 0 Å². The lowest BCUT2D eigenvalue weighted by atomic mass is 10.1. The predicted molar refractivity (Wildman–Crippen MR) is 109 cm³/mol. The van der Waals surface area contributed by atoms with Crippen molar-refractivity contribution in [1.82, 2.24) is 14.9 Å². The number of benzene rings is 1. The molecule has 2 rings (SSSR count). The van der Waals surface area contributed by atoms with Gasteiger partial charge in [-0.3, -0.25) is 0 Å². The summed E-state index contributed by atoms with van der Waals surface area (Å²) in [5.74, 6) is 0.702. The van der Waals surface area contributed by atoms with Gasteiger partial charge in [-0.05, 0) is 18.9 Å². The normalized spacial score (nSPS) is 16.3. The summed E-state index contributed by atoms with van der Waals surface area (Å²) in [6.07, 6.45) is 2.13. The quantitative estimate of drug-likeness (QED) is 0.375. The molecule has 0 unspecified atom stereocenters. The molecule has 0 aliphatic carbocycles. The van der Waals surface area contributed by atoms with E-state index in [4.69, 9.17) is 4.74 Å². The van der Waals surface area contributed by atoms with E-state index in [1.165, 1.54) is 9.87 Å². The summed E-state index contributed by atoms with van der Waals surface area (Å²) in [6, 6.07) is 8.26. The van der Waals surface area contributed by atoms with Gasteiger partial charge in [0.15, 0.2) is 5.96 Å². The van der Waals surface area contributed by atoms with Crippen molar-refractivity contribution in [2.45, 2.75) is 33.2 Å². The second-order valence-corrected chi connectivity index (χ2v) is 8.77. The number of aliphatic imine (C=N–C) groups is 1. The second kappa shape index (κ2) is 11.3. The van der Waals surface area contributed by atoms with E-state index in [-0.39, 0.29) is 5.75 Å². The Kier molecular flexibility index (Phi) is 9.03. The van der Waals surface area contributed by atoms with Crippen LogP contribution in [0.4, 0.5) is 0 Å². The molecule has 1 aromatic rings. The number of ether oxygens (including phenoxy) is 1. The third-order valence-corrected chi connectivity index (χ3v) is 6.25. The molecule has 0 bridgehead atoms. The number of morpholine rings is 1. The van der Waals surface area contributed by atoms with Crippen LogP contribution in [0.3, 0.4) is 0 Å². The van der Waals surface area contributed by atoms with Crippen molar-refractivity contribution in [3.63, 3.8) is 0 Å². The highest BCUT2D eigenvalue weighted by Gasteiger charge is 2.23. The second-order valence-electron chi connectivity index (χ2n) is 6.68. The topological polar surface area (TPSA) is 83.0 Å². The first-order chi connectivity index (χ1) is 13.0. The van der Waals surface area contributed by atoms with E-state index in [1.54, 1.807) is 0 Å². The SMILES string of the molecule is CCCCNC(=NCc1ccc(C)cc1)NCCS(=O)(=O)N1CCOCC1. The summed E-state index contributed by atoms with van der Waals surface area (Å²) in [7, 11) is -3.27. The molecule has 2 N–H and O–H groups in total. The van der Waals surface area contributed by atoms with Crippen molar-refractivity contribution in [2.24, 2.45) is 4.99 Å². The lowest BCUT2D eigenvalue weighted by Crippen LogP contribution is -2.45. The lowest BCUT2D eigenvalue weighted by Gasteiger charge is -2.26. The smallest absolute Gasteiger partial charge is 0.215 e. The molecule has 1 fully saturated rings. The van der Waals surface area contributed by atoms with Crippen LogP contribution >= 0.6 is 0 Å². The highest BCUT2D eigenvalue weighted by molar-refractivity contribution is 7.89. The van der Waals surface area contributed by atoms with Gasteiger partial charge in [-0.2, -0.15) is 4.31 Å². The molecule has 0 radical (unpaired) electrons. The van der Waals surface area contributed by atoms with Crippen LogP contribution in [0, 0.1) is 6.92 Å². The van der Waals surface area contributed by atoms with Gasteiger partial charge in [0.1, 0.15) is 0 Å². The monoisotopic (exact) mass is 396 g/mol. The van der Waals surface area contributed by atoms with Gasteiger partial charge in [0.25, 0.3) is 0 Å². The van der Waals surface area contributed by atoms with Crippen LogP contribution < -0.4 is 10.6 Å². The Balaban J connectivity index is 1.88. The number of aryl methyl sites for hydroxylation is 1. The molecule has 8 heteroatoms. The molecule has 27 heavy (non-hydrogen) atoms. The first-order valence-corrected chi connectivity index (χ1v) is 11.3. The molecular weight excluding hydrogens is 364 g/mol. The molecule has 1 aliphatic heterocycles. The molecule has 152 valence electrons. The minimum absolute atomic E-state index is 0.0476. The first-order valence-electron chi connectivity index (χ1n) is 9.64. The van der Waals surface area contributed by atoms with E-state index in [9.17, 15) is 8.42 Å². The van der Waals surface area contributed by atoms with Gasteiger partial charge < -0.3 is 15.4 Å². The zero-order valence-corrected chi connectivity index (χ0v) is 17.2. The van der Waals surface area contributed by atoms with Crippen LogP contribution in [0.1, 0.15) is 30.9 Å². The number of nitrogens with one attached hydrogen (secondary N) is 2. The average Bonchev–Trinajstić information content (AvgIpc) is 2.67. The maximum atomic E-state index is 12.4. The number of hydrogen-bond acceptors (Lipinski definition) is 4. The highest BCUT2D eigenvalue weighted by Crippen LogP contribution is 2.06. The lowest BCUT2D eigenvalue weighted by molar-refractivity contribution is 0.0730. The molecule has 1 aliphatic rings. The van der Waals surface area contributed by atoms with E-state index >= 15 is 0 Å². The standard InChI is InChI=1S/C19H32N4O3S/c1-3-4-9-20-19(22-16-18-7-5-17(2)6-8-18)21-10-15-27(24,25)23-11-13-26-14-12-23/h5-8H,3-4,9-16H2,1-2H3,(H2,20,21,22). The Morgan fingerprint density at radius 2 is 1.81 bits per heavy atom. The fourth-order valence-corrected chi connectivity index (χ4v) is 4.00. The van der Waals surface area contributed by atoms with Crippen molar-refractivity contribution >= 4 is 16.0 Å². The van der Waals surface area contributed by atoms with Gasteiger partial charge in [0, 0.05) is 26.2 Å². The molecule has 1 heterocycles. The highest BCUT2D eigenvalue weighted by atomic mass is 32.2. The maximum absolute atomic E-state index is 12.4. The summed E-state index contributed by atoms with van der Waals surface area (Å²) < 4.78 is 31.5. The van der Waals surface area contributed by atoms with Crippen LogP contribution in [0.2, 0.25) is 0 Å². The van der Waals surface area contributed by atoms with E-state index in [1.807, 2.05) is 0 Å². The summed E-state index contributed by atoms with van der Waals surface area (Å²) in [4.78, 5) is 4.59. The van der Waals surface area contributed by atoms with E-state index in [0.29, 0.717) is 45.4 Å². The molecular formula is C19H32N4O3S. The van der Waals surface area contributed by atoms with E-state index < -0.39 is 10.0 Å². The summed E-state index contributed by atoms with van der Waals surface area (Å²) in [5, 5.41) is 6.44. The Labute approximate surface area is 163 Å². The fourth-order valence-electron chi connectivity index (χ4n) is 2.67. The van der Waals surface area contributed by atoms with Gasteiger partial charge >= 0.3 is 0 Å². The largest absolute Gasteiger partial charge is 0.379 e. The fraction of sp³-hybridized carbons (Fsp3) is 0.632. The Bertz CT molecular complexity index is 683. The van der Waals surface area contributed by atoms with Gasteiger partial charge in [-0.15, -0.1) is 0 Å². The first kappa shape index (κ1) is 21.7. The molecule has 0 saturated carbocycles. The van der Waals surface area contributed by atoms with Crippen LogP contribution in [0.5, 0.6) is 0 Å². The molecule has 0 aromatic heterocycles. The Morgan fingerprint density at radius 3 is 2.48 bits per heavy atom. The van der Waals surface area contributed by atoms with Crippen molar-refractivity contribution in [3.05, 3.63) is 35.4 Å². The molecule has 0 atom stereocenters. The number of hydrogen-bond donors (Lipinski definition) is 2. The third-order valence-electron chi connectivity index (χ3n) is 4.38. The van der Waals surface area contributed by atoms with E-state index in [0.717, 1.165) is 24.9 Å². The van der Waals surface area contributed by atoms with E-state index in [2.05, 4.69) is 53.7 Å². The number of unbranched alkanes of at least 4 members (excludes halogenated alkanes) is 1. The van der Waals surface area contributed by atoms with Crippen molar-refractivity contribution < 1.29 is 13.2 Å². The van der Waals surface area contributed by atoms with Crippen molar-refractivity contribution in [3.8, 4) is 0 Å². The Hall–Kier alpha value is -1.64. The van der Waals surface area contributed by atoms with Crippen LogP contribution in [-0.2, 0) is 21.3 Å². The van der Waals surface area contributed by atoms with Crippen molar-refractivity contribution in [1.29, 1.82) is 0 Å². The maximum Gasteiger partial charge on any atom is 0.215 e. The molecule has 0 spiro atoms. The Morgan fingerprint density at radius 1 is 1.15 bits per heavy atom. The zero-order chi connectivity index (χ0) is 19.5. The third kappa shape index (κ3) is 7.86. The van der Waals surface area contributed by atoms with Crippen LogP contribution in [0.15, 0.2) is 29.3 Å². The summed E-state index contributed by atoms with van der Waals surface area (Å²) >= 11 is 0. The predicted octanol–water partition coefficient (Wildman–Crippen LogP) is 1.49. The minimum atomic E-state index is -3.27. The number of sulfonamides is 1. The van der Waals surface area contributed by atoms with Gasteiger partial charge in [-0.25, -0.2) is 13.4 Å². The van der Waals surface area contributed by atoms with Gasteiger partial charge in [-0.1, -0.05) is 43.2 Å². The molecule has 0 amide bonds. The number of nitrogens with zero attached hydrogens (tertiary/aromatic N) is 2. The number of guanidine groups is 1. The number of rotatable bonds is 9. The van der Waals surface area contributed by atoms with Crippen molar-refractivity contribution in [2.75, 3.05) is 45.1 Å². The zero-order valence-electron chi connectivity index (χ0n) is 16.4. The molecule has 1 saturated heterocycles. The summed E-state index contributed by atoms with van der Waals surface area (Å²) in [5.41, 5.74) is 2.34.